The molecule has 0 saturated carbocycles. The number of nitrogens with zero attached hydrogens (tertiary/aromatic N) is 2. The second-order valence-electron chi connectivity index (χ2n) is 3.10. The summed E-state index contributed by atoms with van der Waals surface area (Å²) in [4.78, 5) is 15.1. The number of rotatable bonds is 2. The van der Waals surface area contributed by atoms with E-state index in [9.17, 15) is 4.79 Å². The molecule has 0 aliphatic heterocycles. The van der Waals surface area contributed by atoms with Gasteiger partial charge in [0.1, 0.15) is 5.52 Å². The Balaban J connectivity index is 2.83. The van der Waals surface area contributed by atoms with E-state index >= 15 is 0 Å². The van der Waals surface area contributed by atoms with Gasteiger partial charge in [0.2, 0.25) is 5.88 Å². The van der Waals surface area contributed by atoms with Crippen LogP contribution in [0, 0.1) is 0 Å². The van der Waals surface area contributed by atoms with Crippen LogP contribution >= 0.6 is 15.9 Å². The van der Waals surface area contributed by atoms with Crippen molar-refractivity contribution in [2.45, 2.75) is 0 Å². The van der Waals surface area contributed by atoms with E-state index in [4.69, 9.17) is 4.74 Å². The molecule has 0 fully saturated rings. The molecular formula is C10H9BrN2O2. The zero-order valence-electron chi connectivity index (χ0n) is 8.32. The molecular weight excluding hydrogens is 260 g/mol. The molecule has 2 heterocycles. The molecule has 2 aromatic rings. The van der Waals surface area contributed by atoms with Gasteiger partial charge >= 0.3 is 0 Å². The van der Waals surface area contributed by atoms with Gasteiger partial charge in [0, 0.05) is 13.1 Å². The van der Waals surface area contributed by atoms with E-state index in [1.54, 1.807) is 17.7 Å². The van der Waals surface area contributed by atoms with Crippen molar-refractivity contribution in [1.82, 2.24) is 9.55 Å². The van der Waals surface area contributed by atoms with E-state index in [1.807, 2.05) is 13.1 Å². The molecule has 0 spiro atoms. The van der Waals surface area contributed by atoms with E-state index in [1.165, 1.54) is 0 Å². The van der Waals surface area contributed by atoms with Crippen LogP contribution < -0.4 is 4.74 Å². The normalized spacial score (nSPS) is 10.6. The van der Waals surface area contributed by atoms with Crippen molar-refractivity contribution in [3.05, 3.63) is 22.3 Å². The predicted octanol–water partition coefficient (Wildman–Crippen LogP) is 2.16. The highest BCUT2D eigenvalue weighted by Crippen LogP contribution is 2.29. The number of methoxy groups -OCH3 is 1. The quantitative estimate of drug-likeness (QED) is 0.785. The van der Waals surface area contributed by atoms with Crippen LogP contribution in [-0.2, 0) is 7.05 Å². The zero-order valence-corrected chi connectivity index (χ0v) is 9.91. The lowest BCUT2D eigenvalue weighted by Crippen LogP contribution is -1.94. The Hall–Kier alpha value is -1.36. The number of ether oxygens (including phenoxy) is 1. The zero-order chi connectivity index (χ0) is 11.0. The van der Waals surface area contributed by atoms with Crippen LogP contribution in [0.1, 0.15) is 10.5 Å². The van der Waals surface area contributed by atoms with Crippen LogP contribution in [0.25, 0.3) is 11.0 Å². The first-order valence-corrected chi connectivity index (χ1v) is 5.12. The van der Waals surface area contributed by atoms with Crippen molar-refractivity contribution in [2.75, 3.05) is 7.11 Å². The maximum absolute atomic E-state index is 10.9. The number of hydrogen-bond acceptors (Lipinski definition) is 3. The average Bonchev–Trinajstić information content (AvgIpc) is 2.51. The van der Waals surface area contributed by atoms with Gasteiger partial charge < -0.3 is 9.30 Å². The van der Waals surface area contributed by atoms with E-state index in [0.717, 1.165) is 17.3 Å². The van der Waals surface area contributed by atoms with Gasteiger partial charge in [-0.1, -0.05) is 0 Å². The molecule has 5 heteroatoms. The summed E-state index contributed by atoms with van der Waals surface area (Å²) in [6.45, 7) is 0. The first-order valence-electron chi connectivity index (χ1n) is 4.33. The van der Waals surface area contributed by atoms with E-state index < -0.39 is 0 Å². The number of pyridine rings is 1. The third kappa shape index (κ3) is 1.43. The lowest BCUT2D eigenvalue weighted by molar-refractivity contribution is 0.111. The number of carbonyl (C=O) groups excluding carboxylic acids is 1. The summed E-state index contributed by atoms with van der Waals surface area (Å²) >= 11 is 3.36. The molecule has 0 aliphatic carbocycles. The Bertz CT molecular complexity index is 534. The predicted molar refractivity (Wildman–Crippen MR) is 60.4 cm³/mol. The van der Waals surface area contributed by atoms with E-state index in [2.05, 4.69) is 20.9 Å². The molecule has 0 aliphatic rings. The first kappa shape index (κ1) is 10.2. The molecule has 0 bridgehead atoms. The number of aryl methyl sites for hydroxylation is 1. The van der Waals surface area contributed by atoms with Crippen molar-refractivity contribution >= 4 is 33.2 Å². The maximum Gasteiger partial charge on any atom is 0.213 e. The Morgan fingerprint density at radius 3 is 2.87 bits per heavy atom. The van der Waals surface area contributed by atoms with Crippen molar-refractivity contribution in [2.24, 2.45) is 7.05 Å². The number of halogens is 1. The van der Waals surface area contributed by atoms with Gasteiger partial charge in [0.15, 0.2) is 6.29 Å². The molecule has 2 aromatic heterocycles. The van der Waals surface area contributed by atoms with Crippen molar-refractivity contribution < 1.29 is 9.53 Å². The van der Waals surface area contributed by atoms with Gasteiger partial charge in [-0.3, -0.25) is 4.79 Å². The minimum atomic E-state index is 0.534. The van der Waals surface area contributed by atoms with Crippen LogP contribution in [0.4, 0.5) is 0 Å². The first-order chi connectivity index (χ1) is 7.19. The third-order valence-electron chi connectivity index (χ3n) is 2.32. The Labute approximate surface area is 95.0 Å². The lowest BCUT2D eigenvalue weighted by Gasteiger charge is -1.99. The van der Waals surface area contributed by atoms with E-state index in [0.29, 0.717) is 16.0 Å². The molecule has 0 atom stereocenters. The molecule has 2 rings (SSSR count). The second-order valence-corrected chi connectivity index (χ2v) is 3.89. The summed E-state index contributed by atoms with van der Waals surface area (Å²) in [5.41, 5.74) is 2.20. The standard InChI is InChI=1S/C10H9BrN2O2/c1-13-6-3-4-8(15-2)12-10(6)9(11)7(13)5-14/h3-5H,1-2H3. The highest BCUT2D eigenvalue weighted by molar-refractivity contribution is 9.10. The van der Waals surface area contributed by atoms with Crippen molar-refractivity contribution in [1.29, 1.82) is 0 Å². The fraction of sp³-hybridized carbons (Fsp3) is 0.200. The number of hydrogen-bond donors (Lipinski definition) is 0. The summed E-state index contributed by atoms with van der Waals surface area (Å²) in [5.74, 6) is 0.534. The second kappa shape index (κ2) is 3.66. The fourth-order valence-corrected chi connectivity index (χ4v) is 2.16. The molecule has 78 valence electrons. The summed E-state index contributed by atoms with van der Waals surface area (Å²) < 4.78 is 7.52. The van der Waals surface area contributed by atoms with Crippen LogP contribution in [0.3, 0.4) is 0 Å². The summed E-state index contributed by atoms with van der Waals surface area (Å²) in [6.07, 6.45) is 0.804. The monoisotopic (exact) mass is 268 g/mol. The average molecular weight is 269 g/mol. The summed E-state index contributed by atoms with van der Waals surface area (Å²) in [6, 6.07) is 3.64. The molecule has 0 radical (unpaired) electrons. The summed E-state index contributed by atoms with van der Waals surface area (Å²) in [7, 11) is 3.39. The molecule has 0 aromatic carbocycles. The minimum absolute atomic E-state index is 0.534. The third-order valence-corrected chi connectivity index (χ3v) is 3.11. The lowest BCUT2D eigenvalue weighted by atomic mass is 10.4. The Kier molecular flexibility index (Phi) is 2.48. The van der Waals surface area contributed by atoms with Crippen LogP contribution in [0.5, 0.6) is 5.88 Å². The molecule has 0 amide bonds. The van der Waals surface area contributed by atoms with Gasteiger partial charge in [-0.2, -0.15) is 0 Å². The highest BCUT2D eigenvalue weighted by atomic mass is 79.9. The molecule has 15 heavy (non-hydrogen) atoms. The molecule has 0 N–H and O–H groups in total. The fourth-order valence-electron chi connectivity index (χ4n) is 1.51. The number of aromatic nitrogens is 2. The maximum atomic E-state index is 10.9. The SMILES string of the molecule is COc1ccc2c(n1)c(Br)c(C=O)n2C. The van der Waals surface area contributed by atoms with Crippen molar-refractivity contribution in [3.63, 3.8) is 0 Å². The molecule has 0 unspecified atom stereocenters. The van der Waals surface area contributed by atoms with Gasteiger partial charge in [0.05, 0.1) is 22.8 Å². The van der Waals surface area contributed by atoms with Crippen LogP contribution in [0.2, 0.25) is 0 Å². The number of aldehydes is 1. The Morgan fingerprint density at radius 1 is 1.53 bits per heavy atom. The number of fused-ring (bicyclic) bond motifs is 1. The molecule has 0 saturated heterocycles. The topological polar surface area (TPSA) is 44.1 Å². The van der Waals surface area contributed by atoms with Crippen LogP contribution in [0.15, 0.2) is 16.6 Å². The van der Waals surface area contributed by atoms with Crippen molar-refractivity contribution in [3.8, 4) is 5.88 Å². The summed E-state index contributed by atoms with van der Waals surface area (Å²) in [5, 5.41) is 0. The Morgan fingerprint density at radius 2 is 2.27 bits per heavy atom. The molecule has 4 nitrogen and oxygen atoms in total. The van der Waals surface area contributed by atoms with E-state index in [-0.39, 0.29) is 0 Å². The van der Waals surface area contributed by atoms with Gasteiger partial charge in [0.25, 0.3) is 0 Å². The van der Waals surface area contributed by atoms with Crippen LogP contribution in [-0.4, -0.2) is 22.9 Å². The smallest absolute Gasteiger partial charge is 0.213 e. The highest BCUT2D eigenvalue weighted by Gasteiger charge is 2.13. The van der Waals surface area contributed by atoms with Gasteiger partial charge in [-0.15, -0.1) is 0 Å². The largest absolute Gasteiger partial charge is 0.481 e. The van der Waals surface area contributed by atoms with Gasteiger partial charge in [-0.05, 0) is 22.0 Å². The van der Waals surface area contributed by atoms with Gasteiger partial charge in [-0.25, -0.2) is 4.98 Å². The minimum Gasteiger partial charge on any atom is -0.481 e. The number of carbonyl (C=O) groups is 1.